The number of hydrogen-bond acceptors (Lipinski definition) is 2. The molecule has 0 atom stereocenters. The van der Waals surface area contributed by atoms with Gasteiger partial charge in [-0.1, -0.05) is 54.6 Å². The van der Waals surface area contributed by atoms with Gasteiger partial charge in [0.2, 0.25) is 5.91 Å². The van der Waals surface area contributed by atoms with Crippen molar-refractivity contribution in [1.82, 2.24) is 5.43 Å². The maximum Gasteiger partial charge on any atom is 0.236 e. The lowest BCUT2D eigenvalue weighted by atomic mass is 10.0. The van der Waals surface area contributed by atoms with E-state index in [0.717, 1.165) is 11.1 Å². The van der Waals surface area contributed by atoms with E-state index in [0.29, 0.717) is 0 Å². The monoisotopic (exact) mass is 238 g/mol. The average Bonchev–Trinajstić information content (AvgIpc) is 2.40. The van der Waals surface area contributed by atoms with Crippen molar-refractivity contribution in [2.45, 2.75) is 6.92 Å². The van der Waals surface area contributed by atoms with E-state index in [1.807, 2.05) is 42.5 Å². The lowest BCUT2D eigenvalue weighted by Gasteiger charge is -2.01. The second-order valence-electron chi connectivity index (χ2n) is 3.91. The van der Waals surface area contributed by atoms with Gasteiger partial charge in [-0.15, -0.1) is 0 Å². The van der Waals surface area contributed by atoms with E-state index in [1.165, 1.54) is 12.5 Å². The molecule has 0 aliphatic heterocycles. The zero-order valence-corrected chi connectivity index (χ0v) is 10.1. The molecule has 0 fully saturated rings. The molecule has 0 bridgehead atoms. The molecular weight excluding hydrogens is 224 g/mol. The molecule has 0 spiro atoms. The van der Waals surface area contributed by atoms with Crippen molar-refractivity contribution < 1.29 is 4.79 Å². The Morgan fingerprint density at radius 1 is 1.00 bits per heavy atom. The molecule has 0 aliphatic carbocycles. The van der Waals surface area contributed by atoms with Crippen LogP contribution in [0.5, 0.6) is 0 Å². The van der Waals surface area contributed by atoms with Crippen LogP contribution in [-0.2, 0) is 4.79 Å². The van der Waals surface area contributed by atoms with Crippen molar-refractivity contribution in [2.75, 3.05) is 0 Å². The van der Waals surface area contributed by atoms with E-state index in [1.54, 1.807) is 6.21 Å². The summed E-state index contributed by atoms with van der Waals surface area (Å²) in [5.74, 6) is -0.174. The Bertz CT molecular complexity index is 544. The standard InChI is InChI=1S/C15H14N2O/c1-12(18)17-16-11-13-7-9-15(10-8-13)14-5-3-2-4-6-14/h2-11H,1H3,(H,17,18). The molecule has 2 aromatic carbocycles. The third-order valence-electron chi connectivity index (χ3n) is 2.45. The fourth-order valence-electron chi connectivity index (χ4n) is 1.59. The fraction of sp³-hybridized carbons (Fsp3) is 0.0667. The maximum absolute atomic E-state index is 10.6. The molecule has 90 valence electrons. The topological polar surface area (TPSA) is 41.5 Å². The summed E-state index contributed by atoms with van der Waals surface area (Å²) >= 11 is 0. The molecule has 0 saturated carbocycles. The molecule has 18 heavy (non-hydrogen) atoms. The lowest BCUT2D eigenvalue weighted by Crippen LogP contribution is -2.12. The van der Waals surface area contributed by atoms with Crippen molar-refractivity contribution in [1.29, 1.82) is 0 Å². The van der Waals surface area contributed by atoms with E-state index < -0.39 is 0 Å². The quantitative estimate of drug-likeness (QED) is 0.648. The zero-order chi connectivity index (χ0) is 12.8. The van der Waals surface area contributed by atoms with Crippen LogP contribution in [0.3, 0.4) is 0 Å². The van der Waals surface area contributed by atoms with Crippen LogP contribution >= 0.6 is 0 Å². The molecule has 1 amide bonds. The maximum atomic E-state index is 10.6. The van der Waals surface area contributed by atoms with Gasteiger partial charge in [-0.3, -0.25) is 4.79 Å². The minimum Gasteiger partial charge on any atom is -0.274 e. The Morgan fingerprint density at radius 2 is 1.61 bits per heavy atom. The number of hydrazone groups is 1. The van der Waals surface area contributed by atoms with Crippen LogP contribution < -0.4 is 5.43 Å². The van der Waals surface area contributed by atoms with Crippen molar-refractivity contribution >= 4 is 12.1 Å². The van der Waals surface area contributed by atoms with Crippen LogP contribution in [-0.4, -0.2) is 12.1 Å². The number of rotatable bonds is 3. The van der Waals surface area contributed by atoms with Crippen LogP contribution in [0, 0.1) is 0 Å². The van der Waals surface area contributed by atoms with Gasteiger partial charge in [0.15, 0.2) is 0 Å². The van der Waals surface area contributed by atoms with E-state index >= 15 is 0 Å². The molecule has 0 aromatic heterocycles. The first-order chi connectivity index (χ1) is 8.75. The SMILES string of the molecule is CC(=O)NN=Cc1ccc(-c2ccccc2)cc1. The largest absolute Gasteiger partial charge is 0.274 e. The third kappa shape index (κ3) is 3.28. The van der Waals surface area contributed by atoms with Gasteiger partial charge in [-0.05, 0) is 16.7 Å². The summed E-state index contributed by atoms with van der Waals surface area (Å²) in [6.45, 7) is 1.43. The first-order valence-corrected chi connectivity index (χ1v) is 5.71. The smallest absolute Gasteiger partial charge is 0.236 e. The predicted molar refractivity (Wildman–Crippen MR) is 73.3 cm³/mol. The summed E-state index contributed by atoms with van der Waals surface area (Å²) < 4.78 is 0. The van der Waals surface area contributed by atoms with Gasteiger partial charge in [0.05, 0.1) is 6.21 Å². The van der Waals surface area contributed by atoms with E-state index in [9.17, 15) is 4.79 Å². The van der Waals surface area contributed by atoms with Gasteiger partial charge < -0.3 is 0 Å². The van der Waals surface area contributed by atoms with Crippen LogP contribution in [0.25, 0.3) is 11.1 Å². The molecule has 2 aromatic rings. The Kier molecular flexibility index (Phi) is 3.86. The lowest BCUT2D eigenvalue weighted by molar-refractivity contribution is -0.118. The van der Waals surface area contributed by atoms with Gasteiger partial charge in [0, 0.05) is 6.92 Å². The molecule has 0 radical (unpaired) electrons. The van der Waals surface area contributed by atoms with Crippen LogP contribution in [0.2, 0.25) is 0 Å². The molecule has 0 heterocycles. The molecule has 3 heteroatoms. The highest BCUT2D eigenvalue weighted by Gasteiger charge is 1.95. The zero-order valence-electron chi connectivity index (χ0n) is 10.1. The molecular formula is C15H14N2O. The molecule has 0 aliphatic rings. The van der Waals surface area contributed by atoms with Gasteiger partial charge in [-0.2, -0.15) is 5.10 Å². The van der Waals surface area contributed by atoms with Crippen molar-refractivity contribution in [3.8, 4) is 11.1 Å². The Hall–Kier alpha value is -2.42. The summed E-state index contributed by atoms with van der Waals surface area (Å²) in [5.41, 5.74) is 5.66. The second kappa shape index (κ2) is 5.77. The summed E-state index contributed by atoms with van der Waals surface area (Å²) in [6, 6.07) is 18.2. The van der Waals surface area contributed by atoms with E-state index in [-0.39, 0.29) is 5.91 Å². The minimum atomic E-state index is -0.174. The van der Waals surface area contributed by atoms with Crippen molar-refractivity contribution in [3.05, 3.63) is 60.2 Å². The third-order valence-corrected chi connectivity index (χ3v) is 2.45. The number of amides is 1. The highest BCUT2D eigenvalue weighted by molar-refractivity contribution is 5.82. The number of carbonyl (C=O) groups is 1. The Morgan fingerprint density at radius 3 is 2.22 bits per heavy atom. The number of benzene rings is 2. The number of nitrogens with zero attached hydrogens (tertiary/aromatic N) is 1. The van der Waals surface area contributed by atoms with Crippen LogP contribution in [0.1, 0.15) is 12.5 Å². The first kappa shape index (κ1) is 12.0. The molecule has 2 rings (SSSR count). The van der Waals surface area contributed by atoms with Gasteiger partial charge >= 0.3 is 0 Å². The minimum absolute atomic E-state index is 0.174. The molecule has 0 saturated heterocycles. The number of nitrogens with one attached hydrogen (secondary N) is 1. The van der Waals surface area contributed by atoms with E-state index in [2.05, 4.69) is 22.7 Å². The average molecular weight is 238 g/mol. The summed E-state index contributed by atoms with van der Waals surface area (Å²) in [6.07, 6.45) is 1.62. The number of carbonyl (C=O) groups excluding carboxylic acids is 1. The molecule has 3 nitrogen and oxygen atoms in total. The molecule has 0 unspecified atom stereocenters. The number of hydrogen-bond donors (Lipinski definition) is 1. The Labute approximate surface area is 106 Å². The van der Waals surface area contributed by atoms with Gasteiger partial charge in [0.25, 0.3) is 0 Å². The van der Waals surface area contributed by atoms with Crippen LogP contribution in [0.4, 0.5) is 0 Å². The highest BCUT2D eigenvalue weighted by atomic mass is 16.2. The van der Waals surface area contributed by atoms with Crippen molar-refractivity contribution in [2.24, 2.45) is 5.10 Å². The summed E-state index contributed by atoms with van der Waals surface area (Å²) in [5, 5.41) is 3.82. The van der Waals surface area contributed by atoms with E-state index in [4.69, 9.17) is 0 Å². The summed E-state index contributed by atoms with van der Waals surface area (Å²) in [4.78, 5) is 10.6. The van der Waals surface area contributed by atoms with Crippen LogP contribution in [0.15, 0.2) is 59.7 Å². The van der Waals surface area contributed by atoms with Crippen molar-refractivity contribution in [3.63, 3.8) is 0 Å². The van der Waals surface area contributed by atoms with Gasteiger partial charge in [-0.25, -0.2) is 5.43 Å². The van der Waals surface area contributed by atoms with Gasteiger partial charge in [0.1, 0.15) is 0 Å². The predicted octanol–water partition coefficient (Wildman–Crippen LogP) is 2.82. The normalized spacial score (nSPS) is 10.5. The highest BCUT2D eigenvalue weighted by Crippen LogP contribution is 2.18. The second-order valence-corrected chi connectivity index (χ2v) is 3.91. The fourth-order valence-corrected chi connectivity index (χ4v) is 1.59. The first-order valence-electron chi connectivity index (χ1n) is 5.71. The molecule has 1 N–H and O–H groups in total. The summed E-state index contributed by atoms with van der Waals surface area (Å²) in [7, 11) is 0. The Balaban J connectivity index is 2.11.